The normalized spacial score (nSPS) is 16.4. The monoisotopic (exact) mass is 273 g/mol. The van der Waals surface area contributed by atoms with Crippen LogP contribution in [0.1, 0.15) is 16.1 Å². The molecule has 0 spiro atoms. The molecular formula is C15H15NO4. The first-order chi connectivity index (χ1) is 9.76. The molecule has 5 heteroatoms. The molecule has 1 aliphatic heterocycles. The van der Waals surface area contributed by atoms with Gasteiger partial charge in [0.2, 0.25) is 0 Å². The Morgan fingerprint density at radius 1 is 1.45 bits per heavy atom. The average molecular weight is 273 g/mol. The number of amides is 1. The molecule has 2 heterocycles. The van der Waals surface area contributed by atoms with Gasteiger partial charge in [0.25, 0.3) is 5.91 Å². The third-order valence-corrected chi connectivity index (χ3v) is 3.24. The molecule has 1 atom stereocenters. The molecule has 0 bridgehead atoms. The van der Waals surface area contributed by atoms with E-state index in [4.69, 9.17) is 13.9 Å². The van der Waals surface area contributed by atoms with Crippen LogP contribution in [0.3, 0.4) is 0 Å². The summed E-state index contributed by atoms with van der Waals surface area (Å²) in [7, 11) is 1.64. The van der Waals surface area contributed by atoms with E-state index in [9.17, 15) is 4.79 Å². The Kier molecular flexibility index (Phi) is 3.33. The lowest BCUT2D eigenvalue weighted by molar-refractivity contribution is 0.0906. The van der Waals surface area contributed by atoms with Crippen LogP contribution in [-0.2, 0) is 6.42 Å². The van der Waals surface area contributed by atoms with Crippen LogP contribution in [-0.4, -0.2) is 25.7 Å². The fourth-order valence-corrected chi connectivity index (χ4v) is 2.24. The highest BCUT2D eigenvalue weighted by molar-refractivity contribution is 5.91. The summed E-state index contributed by atoms with van der Waals surface area (Å²) in [5.74, 6) is 1.74. The molecule has 1 aliphatic rings. The van der Waals surface area contributed by atoms with Crippen molar-refractivity contribution in [1.82, 2.24) is 5.32 Å². The van der Waals surface area contributed by atoms with Gasteiger partial charge in [0.15, 0.2) is 5.76 Å². The van der Waals surface area contributed by atoms with Crippen molar-refractivity contribution in [3.63, 3.8) is 0 Å². The number of hydrogen-bond acceptors (Lipinski definition) is 4. The maximum absolute atomic E-state index is 11.8. The van der Waals surface area contributed by atoms with Crippen molar-refractivity contribution >= 4 is 5.91 Å². The van der Waals surface area contributed by atoms with E-state index >= 15 is 0 Å². The number of fused-ring (bicyclic) bond motifs is 1. The Labute approximate surface area is 116 Å². The quantitative estimate of drug-likeness (QED) is 0.925. The molecule has 0 aliphatic carbocycles. The Balaban J connectivity index is 1.58. The lowest BCUT2D eigenvalue weighted by Crippen LogP contribution is -2.34. The van der Waals surface area contributed by atoms with Crippen molar-refractivity contribution in [3.8, 4) is 11.5 Å². The van der Waals surface area contributed by atoms with E-state index in [0.29, 0.717) is 12.3 Å². The number of rotatable bonds is 4. The number of carbonyl (C=O) groups excluding carboxylic acids is 1. The molecule has 2 aromatic rings. The van der Waals surface area contributed by atoms with E-state index in [-0.39, 0.29) is 12.0 Å². The van der Waals surface area contributed by atoms with E-state index in [1.807, 2.05) is 18.2 Å². The van der Waals surface area contributed by atoms with Crippen molar-refractivity contribution in [2.75, 3.05) is 13.7 Å². The molecule has 5 nitrogen and oxygen atoms in total. The van der Waals surface area contributed by atoms with Gasteiger partial charge < -0.3 is 19.2 Å². The largest absolute Gasteiger partial charge is 0.497 e. The first-order valence-electron chi connectivity index (χ1n) is 6.41. The van der Waals surface area contributed by atoms with Gasteiger partial charge in [0.1, 0.15) is 17.6 Å². The third-order valence-electron chi connectivity index (χ3n) is 3.24. The van der Waals surface area contributed by atoms with Crippen LogP contribution < -0.4 is 14.8 Å². The highest BCUT2D eigenvalue weighted by Crippen LogP contribution is 2.31. The number of methoxy groups -OCH3 is 1. The Hall–Kier alpha value is -2.43. The fraction of sp³-hybridized carbons (Fsp3) is 0.267. The summed E-state index contributed by atoms with van der Waals surface area (Å²) in [5, 5.41) is 2.80. The van der Waals surface area contributed by atoms with Gasteiger partial charge in [-0.15, -0.1) is 0 Å². The SMILES string of the molecule is COc1ccc2c(c1)CC(CNC(=O)c1ccco1)O2. The topological polar surface area (TPSA) is 60.7 Å². The van der Waals surface area contributed by atoms with E-state index in [0.717, 1.165) is 23.5 Å². The summed E-state index contributed by atoms with van der Waals surface area (Å²) < 4.78 is 16.0. The minimum absolute atomic E-state index is 0.0592. The molecule has 1 aromatic heterocycles. The van der Waals surface area contributed by atoms with Gasteiger partial charge in [0.05, 0.1) is 19.9 Å². The highest BCUT2D eigenvalue weighted by atomic mass is 16.5. The van der Waals surface area contributed by atoms with Gasteiger partial charge in [-0.2, -0.15) is 0 Å². The Morgan fingerprint density at radius 3 is 3.10 bits per heavy atom. The van der Waals surface area contributed by atoms with E-state index in [1.165, 1.54) is 6.26 Å². The first-order valence-corrected chi connectivity index (χ1v) is 6.41. The third kappa shape index (κ3) is 2.47. The van der Waals surface area contributed by atoms with Crippen LogP contribution in [0.15, 0.2) is 41.0 Å². The van der Waals surface area contributed by atoms with Gasteiger partial charge >= 0.3 is 0 Å². The molecule has 3 rings (SSSR count). The molecule has 104 valence electrons. The second-order valence-corrected chi connectivity index (χ2v) is 4.60. The lowest BCUT2D eigenvalue weighted by Gasteiger charge is -2.10. The molecule has 0 radical (unpaired) electrons. The number of furan rings is 1. The van der Waals surface area contributed by atoms with Crippen LogP contribution in [0.4, 0.5) is 0 Å². The number of benzene rings is 1. The first kappa shape index (κ1) is 12.6. The average Bonchev–Trinajstić information content (AvgIpc) is 3.12. The highest BCUT2D eigenvalue weighted by Gasteiger charge is 2.24. The summed E-state index contributed by atoms with van der Waals surface area (Å²) in [6.07, 6.45) is 2.17. The van der Waals surface area contributed by atoms with Gasteiger partial charge in [-0.1, -0.05) is 0 Å². The van der Waals surface area contributed by atoms with Crippen molar-refractivity contribution in [2.45, 2.75) is 12.5 Å². The molecule has 0 saturated heterocycles. The number of carbonyl (C=O) groups is 1. The standard InChI is InChI=1S/C15H15NO4/c1-18-11-4-5-13-10(7-11)8-12(20-13)9-16-15(17)14-3-2-6-19-14/h2-7,12H,8-9H2,1H3,(H,16,17). The minimum atomic E-state index is -0.230. The van der Waals surface area contributed by atoms with Crippen LogP contribution >= 0.6 is 0 Å². The van der Waals surface area contributed by atoms with Gasteiger partial charge in [-0.25, -0.2) is 0 Å². The van der Waals surface area contributed by atoms with Crippen LogP contribution in [0.2, 0.25) is 0 Å². The summed E-state index contributed by atoms with van der Waals surface area (Å²) >= 11 is 0. The van der Waals surface area contributed by atoms with E-state index in [1.54, 1.807) is 19.2 Å². The molecule has 20 heavy (non-hydrogen) atoms. The second kappa shape index (κ2) is 5.28. The number of ether oxygens (including phenoxy) is 2. The molecular weight excluding hydrogens is 258 g/mol. The number of nitrogens with one attached hydrogen (secondary N) is 1. The maximum atomic E-state index is 11.8. The molecule has 0 saturated carbocycles. The summed E-state index contributed by atoms with van der Waals surface area (Å²) in [6.45, 7) is 0.441. The van der Waals surface area contributed by atoms with Crippen LogP contribution in [0.25, 0.3) is 0 Å². The van der Waals surface area contributed by atoms with Crippen molar-refractivity contribution in [2.24, 2.45) is 0 Å². The predicted molar refractivity (Wildman–Crippen MR) is 72.2 cm³/mol. The zero-order valence-corrected chi connectivity index (χ0v) is 11.1. The number of hydrogen-bond donors (Lipinski definition) is 1. The second-order valence-electron chi connectivity index (χ2n) is 4.60. The Bertz CT molecular complexity index is 606. The lowest BCUT2D eigenvalue weighted by atomic mass is 10.1. The van der Waals surface area contributed by atoms with E-state index < -0.39 is 0 Å². The van der Waals surface area contributed by atoms with Crippen LogP contribution in [0.5, 0.6) is 11.5 Å². The molecule has 1 aromatic carbocycles. The van der Waals surface area contributed by atoms with Crippen LogP contribution in [0, 0.1) is 0 Å². The van der Waals surface area contributed by atoms with Crippen molar-refractivity contribution < 1.29 is 18.7 Å². The minimum Gasteiger partial charge on any atom is -0.497 e. The zero-order chi connectivity index (χ0) is 13.9. The van der Waals surface area contributed by atoms with Gasteiger partial charge in [-0.05, 0) is 30.3 Å². The van der Waals surface area contributed by atoms with E-state index in [2.05, 4.69) is 5.32 Å². The Morgan fingerprint density at radius 2 is 2.35 bits per heavy atom. The van der Waals surface area contributed by atoms with Gasteiger partial charge in [-0.3, -0.25) is 4.79 Å². The molecule has 1 N–H and O–H groups in total. The summed E-state index contributed by atoms with van der Waals surface area (Å²) in [4.78, 5) is 11.8. The van der Waals surface area contributed by atoms with Crippen molar-refractivity contribution in [1.29, 1.82) is 0 Å². The molecule has 0 fully saturated rings. The van der Waals surface area contributed by atoms with Gasteiger partial charge in [0, 0.05) is 12.0 Å². The fourth-order valence-electron chi connectivity index (χ4n) is 2.24. The summed E-state index contributed by atoms with van der Waals surface area (Å²) in [6, 6.07) is 9.03. The molecule has 1 amide bonds. The maximum Gasteiger partial charge on any atom is 0.287 e. The van der Waals surface area contributed by atoms with Crippen molar-refractivity contribution in [3.05, 3.63) is 47.9 Å². The summed E-state index contributed by atoms with van der Waals surface area (Å²) in [5.41, 5.74) is 1.10. The zero-order valence-electron chi connectivity index (χ0n) is 11.1. The molecule has 1 unspecified atom stereocenters. The smallest absolute Gasteiger partial charge is 0.287 e. The predicted octanol–water partition coefficient (Wildman–Crippen LogP) is 2.02.